The summed E-state index contributed by atoms with van der Waals surface area (Å²) in [5.74, 6) is -4.71. The molecule has 0 bridgehead atoms. The van der Waals surface area contributed by atoms with E-state index in [4.69, 9.17) is 11.5 Å². The third kappa shape index (κ3) is 10.3. The number of aliphatic carboxylic acids is 1. The molecule has 4 amide bonds. The maximum absolute atomic E-state index is 13.4. The minimum atomic E-state index is -1.68. The Morgan fingerprint density at radius 2 is 1.35 bits per heavy atom. The molecular weight excluding hydrogens is 522 g/mol. The van der Waals surface area contributed by atoms with Crippen LogP contribution < -0.4 is 27.4 Å². The summed E-state index contributed by atoms with van der Waals surface area (Å²) in [6.07, 6.45) is -1.90. The molecule has 2 rings (SSSR count). The summed E-state index contributed by atoms with van der Waals surface area (Å²) in [4.78, 5) is 62.0. The van der Waals surface area contributed by atoms with Crippen LogP contribution in [0.3, 0.4) is 0 Å². The highest BCUT2D eigenvalue weighted by Gasteiger charge is 2.32. The number of hydrogen-bond donors (Lipinski definition) is 8. The van der Waals surface area contributed by atoms with Crippen LogP contribution in [0.5, 0.6) is 5.75 Å². The summed E-state index contributed by atoms with van der Waals surface area (Å²) in [6, 6.07) is 9.56. The van der Waals surface area contributed by atoms with Gasteiger partial charge in [-0.1, -0.05) is 42.5 Å². The largest absolute Gasteiger partial charge is 0.508 e. The van der Waals surface area contributed by atoms with Crippen molar-refractivity contribution in [3.05, 3.63) is 65.7 Å². The normalized spacial score (nSPS) is 14.6. The first-order valence-electron chi connectivity index (χ1n) is 12.5. The second-order valence-electron chi connectivity index (χ2n) is 9.36. The van der Waals surface area contributed by atoms with Crippen LogP contribution in [0.1, 0.15) is 30.9 Å². The molecule has 40 heavy (non-hydrogen) atoms. The van der Waals surface area contributed by atoms with Crippen LogP contribution in [0.2, 0.25) is 0 Å². The van der Waals surface area contributed by atoms with Gasteiger partial charge in [-0.2, -0.15) is 0 Å². The minimum Gasteiger partial charge on any atom is -0.508 e. The van der Waals surface area contributed by atoms with Gasteiger partial charge in [-0.15, -0.1) is 0 Å². The summed E-state index contributed by atoms with van der Waals surface area (Å²) in [7, 11) is 0. The highest BCUT2D eigenvalue weighted by Crippen LogP contribution is 2.12. The maximum Gasteiger partial charge on any atom is 0.328 e. The number of carbonyl (C=O) groups excluding carboxylic acids is 4. The Kier molecular flexibility index (Phi) is 12.0. The molecule has 13 heteroatoms. The van der Waals surface area contributed by atoms with Gasteiger partial charge in [0.15, 0.2) is 6.04 Å². The maximum atomic E-state index is 13.4. The van der Waals surface area contributed by atoms with Crippen molar-refractivity contribution in [2.24, 2.45) is 11.5 Å². The van der Waals surface area contributed by atoms with Gasteiger partial charge < -0.3 is 42.7 Å². The van der Waals surface area contributed by atoms with Crippen LogP contribution in [-0.4, -0.2) is 75.2 Å². The van der Waals surface area contributed by atoms with Crippen LogP contribution in [0.25, 0.3) is 0 Å². The number of aromatic hydroxyl groups is 1. The lowest BCUT2D eigenvalue weighted by atomic mass is 10.0. The van der Waals surface area contributed by atoms with Crippen LogP contribution in [0.4, 0.5) is 0 Å². The van der Waals surface area contributed by atoms with E-state index in [2.05, 4.69) is 16.0 Å². The van der Waals surface area contributed by atoms with Crippen molar-refractivity contribution in [3.63, 3.8) is 0 Å². The first kappa shape index (κ1) is 31.7. The summed E-state index contributed by atoms with van der Waals surface area (Å²) in [5, 5.41) is 35.8. The number of benzene rings is 2. The van der Waals surface area contributed by atoms with E-state index < -0.39 is 59.9 Å². The van der Waals surface area contributed by atoms with Crippen molar-refractivity contribution < 1.29 is 39.3 Å². The average Bonchev–Trinajstić information content (AvgIpc) is 2.90. The number of primary amides is 1. The number of carboxylic acid groups (broad SMARTS) is 1. The van der Waals surface area contributed by atoms with Gasteiger partial charge in [-0.25, -0.2) is 4.79 Å². The molecule has 0 spiro atoms. The zero-order valence-electron chi connectivity index (χ0n) is 21.9. The topological polar surface area (TPSA) is 234 Å². The lowest BCUT2D eigenvalue weighted by Gasteiger charge is -2.26. The smallest absolute Gasteiger partial charge is 0.328 e. The van der Waals surface area contributed by atoms with Crippen LogP contribution >= 0.6 is 0 Å². The molecule has 0 radical (unpaired) electrons. The second kappa shape index (κ2) is 15.2. The average molecular weight is 558 g/mol. The van der Waals surface area contributed by atoms with Gasteiger partial charge in [-0.05, 0) is 43.0 Å². The SMILES string of the molecule is CC(O)C(NC(=O)C(CCC(N)=O)NC(=O)C(Cc1ccc(O)cc1)NC(=O)C(N)Cc1ccccc1)C(=O)O. The Morgan fingerprint density at radius 3 is 1.90 bits per heavy atom. The first-order valence-corrected chi connectivity index (χ1v) is 12.5. The Bertz CT molecular complexity index is 1170. The van der Waals surface area contributed by atoms with E-state index in [0.717, 1.165) is 12.5 Å². The predicted molar refractivity (Wildman–Crippen MR) is 143 cm³/mol. The van der Waals surface area contributed by atoms with Gasteiger partial charge in [0.25, 0.3) is 0 Å². The number of rotatable bonds is 15. The minimum absolute atomic E-state index is 0.00652. The number of carboxylic acids is 1. The lowest BCUT2D eigenvalue weighted by Crippen LogP contribution is -2.58. The van der Waals surface area contributed by atoms with Gasteiger partial charge in [-0.3, -0.25) is 19.2 Å². The number of phenolic OH excluding ortho intramolecular Hbond substituents is 1. The van der Waals surface area contributed by atoms with Crippen molar-refractivity contribution in [3.8, 4) is 5.75 Å². The van der Waals surface area contributed by atoms with Gasteiger partial charge in [0.2, 0.25) is 23.6 Å². The number of carbonyl (C=O) groups is 5. The summed E-state index contributed by atoms with van der Waals surface area (Å²) in [5.41, 5.74) is 12.6. The molecule has 10 N–H and O–H groups in total. The highest BCUT2D eigenvalue weighted by molar-refractivity contribution is 5.94. The van der Waals surface area contributed by atoms with Crippen molar-refractivity contribution in [1.82, 2.24) is 16.0 Å². The van der Waals surface area contributed by atoms with E-state index >= 15 is 0 Å². The second-order valence-corrected chi connectivity index (χ2v) is 9.36. The van der Waals surface area contributed by atoms with Crippen LogP contribution in [0.15, 0.2) is 54.6 Å². The zero-order valence-corrected chi connectivity index (χ0v) is 21.9. The number of hydrogen-bond acceptors (Lipinski definition) is 8. The van der Waals surface area contributed by atoms with Gasteiger partial charge in [0.05, 0.1) is 12.1 Å². The molecule has 0 aliphatic heterocycles. The molecule has 0 aliphatic carbocycles. The molecule has 5 unspecified atom stereocenters. The third-order valence-corrected chi connectivity index (χ3v) is 6.00. The molecule has 0 aromatic heterocycles. The lowest BCUT2D eigenvalue weighted by molar-refractivity contribution is -0.145. The molecule has 5 atom stereocenters. The Balaban J connectivity index is 2.25. The molecule has 0 heterocycles. The fraction of sp³-hybridized carbons (Fsp3) is 0.370. The molecule has 0 aliphatic rings. The summed E-state index contributed by atoms with van der Waals surface area (Å²) in [6.45, 7) is 1.16. The third-order valence-electron chi connectivity index (χ3n) is 6.00. The Morgan fingerprint density at radius 1 is 0.800 bits per heavy atom. The van der Waals surface area contributed by atoms with Crippen molar-refractivity contribution >= 4 is 29.6 Å². The Labute approximate surface area is 230 Å². The van der Waals surface area contributed by atoms with Crippen LogP contribution in [-0.2, 0) is 36.8 Å². The highest BCUT2D eigenvalue weighted by atomic mass is 16.4. The van der Waals surface area contributed by atoms with E-state index in [-0.39, 0.29) is 31.4 Å². The number of phenols is 1. The number of nitrogens with one attached hydrogen (secondary N) is 3. The van der Waals surface area contributed by atoms with E-state index in [1.165, 1.54) is 12.1 Å². The molecular formula is C27H35N5O8. The standard InChI is InChI=1S/C27H35N5O8/c1-15(33)23(27(39)40)32-25(37)20(11-12-22(29)35)30-26(38)21(14-17-7-9-18(34)10-8-17)31-24(36)19(28)13-16-5-3-2-4-6-16/h2-10,15,19-21,23,33-34H,11-14,28H2,1H3,(H2,29,35)(H,30,38)(H,31,36)(H,32,37)(H,39,40). The van der Waals surface area contributed by atoms with E-state index in [0.29, 0.717) is 5.56 Å². The number of nitrogens with two attached hydrogens (primary N) is 2. The monoisotopic (exact) mass is 557 g/mol. The fourth-order valence-electron chi connectivity index (χ4n) is 3.79. The van der Waals surface area contributed by atoms with Crippen molar-refractivity contribution in [2.45, 2.75) is 62.9 Å². The van der Waals surface area contributed by atoms with Crippen molar-refractivity contribution in [2.75, 3.05) is 0 Å². The van der Waals surface area contributed by atoms with Gasteiger partial charge in [0, 0.05) is 12.8 Å². The van der Waals surface area contributed by atoms with E-state index in [1.807, 2.05) is 6.07 Å². The van der Waals surface area contributed by atoms with Gasteiger partial charge in [0.1, 0.15) is 17.8 Å². The molecule has 216 valence electrons. The molecule has 2 aromatic carbocycles. The van der Waals surface area contributed by atoms with E-state index in [1.54, 1.807) is 36.4 Å². The zero-order chi connectivity index (χ0) is 29.8. The predicted octanol–water partition coefficient (Wildman–Crippen LogP) is -1.31. The number of amides is 4. The quantitative estimate of drug-likeness (QED) is 0.130. The van der Waals surface area contributed by atoms with Crippen LogP contribution in [0, 0.1) is 0 Å². The van der Waals surface area contributed by atoms with Gasteiger partial charge >= 0.3 is 5.97 Å². The summed E-state index contributed by atoms with van der Waals surface area (Å²) < 4.78 is 0. The first-order chi connectivity index (χ1) is 18.9. The molecule has 2 aromatic rings. The number of aliphatic hydroxyl groups excluding tert-OH is 1. The van der Waals surface area contributed by atoms with Crippen molar-refractivity contribution in [1.29, 1.82) is 0 Å². The molecule has 0 saturated heterocycles. The molecule has 13 nitrogen and oxygen atoms in total. The summed E-state index contributed by atoms with van der Waals surface area (Å²) >= 11 is 0. The fourth-order valence-corrected chi connectivity index (χ4v) is 3.79. The van der Waals surface area contributed by atoms with E-state index in [9.17, 15) is 39.3 Å². The Hall–Kier alpha value is -4.49. The number of aliphatic hydroxyl groups is 1. The molecule has 0 fully saturated rings. The molecule has 0 saturated carbocycles.